The molecule has 0 unspecified atom stereocenters. The summed E-state index contributed by atoms with van der Waals surface area (Å²) in [6, 6.07) is 6.60. The molecule has 6 heteroatoms. The van der Waals surface area contributed by atoms with Gasteiger partial charge >= 0.3 is 0 Å². The van der Waals surface area contributed by atoms with Crippen molar-refractivity contribution in [3.63, 3.8) is 0 Å². The summed E-state index contributed by atoms with van der Waals surface area (Å²) in [5, 5.41) is 19.9. The predicted molar refractivity (Wildman–Crippen MR) is 75.9 cm³/mol. The van der Waals surface area contributed by atoms with Crippen LogP contribution in [0.3, 0.4) is 0 Å². The van der Waals surface area contributed by atoms with Crippen LogP contribution in [0.1, 0.15) is 18.9 Å². The fraction of sp³-hybridized carbons (Fsp3) is 0.500. The second-order valence-corrected chi connectivity index (χ2v) is 5.06. The lowest BCUT2D eigenvalue weighted by atomic mass is 10.1. The van der Waals surface area contributed by atoms with E-state index in [-0.39, 0.29) is 5.69 Å². The Bertz CT molecular complexity index is 530. The summed E-state index contributed by atoms with van der Waals surface area (Å²) in [6.07, 6.45) is 1.18. The molecule has 0 radical (unpaired) electrons. The maximum absolute atomic E-state index is 10.8. The van der Waals surface area contributed by atoms with Crippen LogP contribution in [0.25, 0.3) is 0 Å². The molecule has 1 aliphatic rings. The highest BCUT2D eigenvalue weighted by molar-refractivity contribution is 5.63. The van der Waals surface area contributed by atoms with E-state index < -0.39 is 4.92 Å². The van der Waals surface area contributed by atoms with Crippen molar-refractivity contribution < 1.29 is 9.82 Å². The molecule has 1 saturated heterocycles. The van der Waals surface area contributed by atoms with E-state index in [1.807, 2.05) is 0 Å². The Kier molecular flexibility index (Phi) is 4.53. The van der Waals surface area contributed by atoms with Gasteiger partial charge in [0.1, 0.15) is 6.07 Å². The Morgan fingerprint density at radius 1 is 1.45 bits per heavy atom. The average Bonchev–Trinajstić information content (AvgIpc) is 2.47. The SMILES string of the molecule is CCC[NH+]1CCN(c2ccc([N+](=O)[O-])cc2C#N)CC1. The first-order valence-electron chi connectivity index (χ1n) is 6.92. The molecule has 1 fully saturated rings. The molecule has 6 nitrogen and oxygen atoms in total. The first-order valence-corrected chi connectivity index (χ1v) is 6.92. The topological polar surface area (TPSA) is 74.6 Å². The Balaban J connectivity index is 2.14. The summed E-state index contributed by atoms with van der Waals surface area (Å²) in [7, 11) is 0. The lowest BCUT2D eigenvalue weighted by molar-refractivity contribution is -0.900. The van der Waals surface area contributed by atoms with Gasteiger partial charge in [-0.05, 0) is 12.5 Å². The molecule has 2 rings (SSSR count). The molecule has 0 bridgehead atoms. The van der Waals surface area contributed by atoms with Crippen molar-refractivity contribution >= 4 is 11.4 Å². The monoisotopic (exact) mass is 275 g/mol. The van der Waals surface area contributed by atoms with E-state index in [2.05, 4.69) is 17.9 Å². The number of piperazine rings is 1. The van der Waals surface area contributed by atoms with E-state index in [0.29, 0.717) is 5.56 Å². The molecular weight excluding hydrogens is 256 g/mol. The lowest BCUT2D eigenvalue weighted by Crippen LogP contribution is -3.14. The number of benzene rings is 1. The largest absolute Gasteiger partial charge is 0.359 e. The lowest BCUT2D eigenvalue weighted by Gasteiger charge is -2.33. The molecule has 1 aliphatic heterocycles. The fourth-order valence-electron chi connectivity index (χ4n) is 2.67. The molecule has 20 heavy (non-hydrogen) atoms. The van der Waals surface area contributed by atoms with Gasteiger partial charge in [-0.25, -0.2) is 0 Å². The average molecular weight is 275 g/mol. The number of nitriles is 1. The van der Waals surface area contributed by atoms with E-state index in [1.54, 1.807) is 11.0 Å². The van der Waals surface area contributed by atoms with Gasteiger partial charge in [0, 0.05) is 12.1 Å². The highest BCUT2D eigenvalue weighted by Gasteiger charge is 2.22. The van der Waals surface area contributed by atoms with Gasteiger partial charge < -0.3 is 9.80 Å². The normalized spacial score (nSPS) is 15.9. The number of quaternary nitrogens is 1. The zero-order valence-electron chi connectivity index (χ0n) is 11.6. The fourth-order valence-corrected chi connectivity index (χ4v) is 2.67. The van der Waals surface area contributed by atoms with Crippen LogP contribution in [0.5, 0.6) is 0 Å². The molecule has 1 N–H and O–H groups in total. The summed E-state index contributed by atoms with van der Waals surface area (Å²) in [5.74, 6) is 0. The zero-order chi connectivity index (χ0) is 14.5. The quantitative estimate of drug-likeness (QED) is 0.644. The van der Waals surface area contributed by atoms with E-state index in [9.17, 15) is 15.4 Å². The van der Waals surface area contributed by atoms with E-state index in [1.165, 1.54) is 25.1 Å². The van der Waals surface area contributed by atoms with Gasteiger partial charge in [0.05, 0.1) is 48.9 Å². The number of nitro groups is 1. The minimum absolute atomic E-state index is 0.0273. The minimum Gasteiger partial charge on any atom is -0.359 e. The molecule has 0 atom stereocenters. The maximum atomic E-state index is 10.8. The van der Waals surface area contributed by atoms with Crippen molar-refractivity contribution in [3.8, 4) is 6.07 Å². The highest BCUT2D eigenvalue weighted by Crippen LogP contribution is 2.24. The molecule has 0 spiro atoms. The number of nitrogens with one attached hydrogen (secondary N) is 1. The van der Waals surface area contributed by atoms with Gasteiger partial charge in [-0.2, -0.15) is 5.26 Å². The van der Waals surface area contributed by atoms with E-state index in [0.717, 1.165) is 31.9 Å². The smallest absolute Gasteiger partial charge is 0.270 e. The second-order valence-electron chi connectivity index (χ2n) is 5.06. The van der Waals surface area contributed by atoms with Crippen LogP contribution in [-0.4, -0.2) is 37.6 Å². The zero-order valence-corrected chi connectivity index (χ0v) is 11.6. The summed E-state index contributed by atoms with van der Waals surface area (Å²) in [4.78, 5) is 14.0. The Morgan fingerprint density at radius 2 is 2.15 bits per heavy atom. The summed E-state index contributed by atoms with van der Waals surface area (Å²) in [5.41, 5.74) is 1.17. The van der Waals surface area contributed by atoms with Crippen molar-refractivity contribution in [1.82, 2.24) is 0 Å². The third-order valence-electron chi connectivity index (χ3n) is 3.73. The third-order valence-corrected chi connectivity index (χ3v) is 3.73. The Morgan fingerprint density at radius 3 is 2.70 bits per heavy atom. The van der Waals surface area contributed by atoms with Gasteiger partial charge in [-0.15, -0.1) is 0 Å². The first kappa shape index (κ1) is 14.3. The van der Waals surface area contributed by atoms with E-state index in [4.69, 9.17) is 0 Å². The van der Waals surface area contributed by atoms with Crippen LogP contribution in [0.15, 0.2) is 18.2 Å². The Labute approximate surface area is 118 Å². The molecule has 0 aromatic heterocycles. The highest BCUT2D eigenvalue weighted by atomic mass is 16.6. The molecule has 106 valence electrons. The maximum Gasteiger partial charge on any atom is 0.270 e. The van der Waals surface area contributed by atoms with Crippen LogP contribution in [0, 0.1) is 21.4 Å². The standard InChI is InChI=1S/C14H18N4O2/c1-2-5-16-6-8-17(9-7-16)14-4-3-13(18(19)20)10-12(14)11-15/h3-4,10H,2,5-9H2,1H3/p+1. The van der Waals surface area contributed by atoms with Crippen LogP contribution in [0.2, 0.25) is 0 Å². The van der Waals surface area contributed by atoms with Gasteiger partial charge in [0.2, 0.25) is 0 Å². The van der Waals surface area contributed by atoms with Gasteiger partial charge in [0.25, 0.3) is 5.69 Å². The molecule has 1 aromatic carbocycles. The molecular formula is C14H19N4O2+. The Hall–Kier alpha value is -2.13. The molecule has 0 amide bonds. The van der Waals surface area contributed by atoms with Crippen LogP contribution in [-0.2, 0) is 0 Å². The number of hydrogen-bond donors (Lipinski definition) is 1. The first-order chi connectivity index (χ1) is 9.65. The molecule has 1 aromatic rings. The number of hydrogen-bond acceptors (Lipinski definition) is 4. The molecule has 0 saturated carbocycles. The van der Waals surface area contributed by atoms with Gasteiger partial charge in [0.15, 0.2) is 0 Å². The predicted octanol–water partition coefficient (Wildman–Crippen LogP) is 0.581. The van der Waals surface area contributed by atoms with Gasteiger partial charge in [-0.3, -0.25) is 10.1 Å². The molecule has 1 heterocycles. The van der Waals surface area contributed by atoms with Gasteiger partial charge in [-0.1, -0.05) is 6.92 Å². The summed E-state index contributed by atoms with van der Waals surface area (Å²) >= 11 is 0. The van der Waals surface area contributed by atoms with Crippen LogP contribution < -0.4 is 9.80 Å². The number of rotatable bonds is 4. The number of nitrogens with zero attached hydrogens (tertiary/aromatic N) is 3. The van der Waals surface area contributed by atoms with Crippen molar-refractivity contribution in [2.75, 3.05) is 37.6 Å². The van der Waals surface area contributed by atoms with Crippen molar-refractivity contribution in [3.05, 3.63) is 33.9 Å². The second kappa shape index (κ2) is 6.35. The van der Waals surface area contributed by atoms with Crippen LogP contribution >= 0.6 is 0 Å². The number of non-ortho nitro benzene ring substituents is 1. The summed E-state index contributed by atoms with van der Waals surface area (Å²) in [6.45, 7) is 7.25. The van der Waals surface area contributed by atoms with E-state index >= 15 is 0 Å². The van der Waals surface area contributed by atoms with Crippen molar-refractivity contribution in [1.29, 1.82) is 5.26 Å². The molecule has 0 aliphatic carbocycles. The summed E-state index contributed by atoms with van der Waals surface area (Å²) < 4.78 is 0. The number of nitro benzene ring substituents is 1. The van der Waals surface area contributed by atoms with Crippen molar-refractivity contribution in [2.45, 2.75) is 13.3 Å². The van der Waals surface area contributed by atoms with Crippen LogP contribution in [0.4, 0.5) is 11.4 Å². The third kappa shape index (κ3) is 3.06. The number of anilines is 1. The van der Waals surface area contributed by atoms with Crippen molar-refractivity contribution in [2.24, 2.45) is 0 Å². The minimum atomic E-state index is -0.464.